The van der Waals surface area contributed by atoms with Crippen LogP contribution < -0.4 is 5.32 Å². The Balaban J connectivity index is 1.62. The summed E-state index contributed by atoms with van der Waals surface area (Å²) >= 11 is 6.06. The van der Waals surface area contributed by atoms with E-state index in [1.807, 2.05) is 24.3 Å². The molecule has 0 atom stereocenters. The van der Waals surface area contributed by atoms with Gasteiger partial charge < -0.3 is 10.2 Å². The summed E-state index contributed by atoms with van der Waals surface area (Å²) < 4.78 is 0. The molecule has 0 unspecified atom stereocenters. The average molecular weight is 366 g/mol. The van der Waals surface area contributed by atoms with Gasteiger partial charge in [0.25, 0.3) is 0 Å². The third-order valence-electron chi connectivity index (χ3n) is 4.48. The summed E-state index contributed by atoms with van der Waals surface area (Å²) in [6.45, 7) is 0.356. The highest BCUT2D eigenvalue weighted by atomic mass is 35.5. The highest BCUT2D eigenvalue weighted by Crippen LogP contribution is 2.25. The lowest BCUT2D eigenvalue weighted by atomic mass is 10.0. The van der Waals surface area contributed by atoms with Gasteiger partial charge in [0.05, 0.1) is 6.42 Å². The molecular formula is C20H16ClN3O2. The molecule has 1 N–H and O–H groups in total. The molecule has 26 heavy (non-hydrogen) atoms. The number of nitrogens with zero attached hydrogens (tertiary/aromatic N) is 2. The minimum atomic E-state index is -0.213. The summed E-state index contributed by atoms with van der Waals surface area (Å²) in [6.07, 6.45) is 3.68. The van der Waals surface area contributed by atoms with E-state index in [9.17, 15) is 9.59 Å². The van der Waals surface area contributed by atoms with E-state index in [0.717, 1.165) is 21.9 Å². The second-order valence-electron chi connectivity index (χ2n) is 6.30. The summed E-state index contributed by atoms with van der Waals surface area (Å²) in [5.41, 5.74) is 2.37. The summed E-state index contributed by atoms with van der Waals surface area (Å²) in [6, 6.07) is 13.1. The summed E-state index contributed by atoms with van der Waals surface area (Å²) in [5, 5.41) is 5.39. The van der Waals surface area contributed by atoms with Gasteiger partial charge in [-0.05, 0) is 34.7 Å². The van der Waals surface area contributed by atoms with Gasteiger partial charge in [-0.3, -0.25) is 14.6 Å². The monoisotopic (exact) mass is 365 g/mol. The number of fused-ring (bicyclic) bond motifs is 2. The Morgan fingerprint density at radius 3 is 2.88 bits per heavy atom. The molecule has 0 spiro atoms. The first-order valence-corrected chi connectivity index (χ1v) is 8.65. The molecule has 2 heterocycles. The second-order valence-corrected chi connectivity index (χ2v) is 6.73. The van der Waals surface area contributed by atoms with Gasteiger partial charge in [-0.2, -0.15) is 0 Å². The fourth-order valence-corrected chi connectivity index (χ4v) is 3.41. The molecule has 0 aliphatic carbocycles. The first-order chi connectivity index (χ1) is 12.6. The van der Waals surface area contributed by atoms with Gasteiger partial charge in [0, 0.05) is 35.0 Å². The van der Waals surface area contributed by atoms with E-state index < -0.39 is 0 Å². The Hall–Kier alpha value is -2.92. The lowest BCUT2D eigenvalue weighted by molar-refractivity contribution is -0.134. The predicted molar refractivity (Wildman–Crippen MR) is 101 cm³/mol. The molecule has 1 aliphatic heterocycles. The number of hydrogen-bond donors (Lipinski definition) is 1. The van der Waals surface area contributed by atoms with Crippen LogP contribution in [0.2, 0.25) is 5.02 Å². The summed E-state index contributed by atoms with van der Waals surface area (Å²) in [5.74, 6) is -0.332. The Kier molecular flexibility index (Phi) is 4.31. The maximum absolute atomic E-state index is 12.9. The minimum Gasteiger partial charge on any atom is -0.329 e. The molecule has 6 heteroatoms. The molecule has 1 aromatic heterocycles. The van der Waals surface area contributed by atoms with Gasteiger partial charge in [0.15, 0.2) is 0 Å². The van der Waals surface area contributed by atoms with Crippen LogP contribution in [0, 0.1) is 0 Å². The molecule has 0 saturated heterocycles. The Bertz CT molecular complexity index is 1010. The molecule has 0 radical (unpaired) electrons. The molecule has 130 valence electrons. The van der Waals surface area contributed by atoms with Crippen LogP contribution in [0.25, 0.3) is 10.8 Å². The minimum absolute atomic E-state index is 0.0172. The fraction of sp³-hybridized carbons (Fsp3) is 0.150. The molecule has 0 fully saturated rings. The van der Waals surface area contributed by atoms with E-state index >= 15 is 0 Å². The standard InChI is InChI=1S/C20H16ClN3O2/c21-16-5-6-18-15(7-16)11-24(12-19(25)23-18)20(26)8-14-10-22-9-13-3-1-2-4-17(13)14/h1-7,9-10H,8,11-12H2,(H,23,25). The number of anilines is 1. The van der Waals surface area contributed by atoms with E-state index in [4.69, 9.17) is 11.6 Å². The first kappa shape index (κ1) is 16.5. The van der Waals surface area contributed by atoms with Crippen molar-refractivity contribution in [3.05, 3.63) is 71.0 Å². The largest absolute Gasteiger partial charge is 0.329 e. The topological polar surface area (TPSA) is 62.3 Å². The van der Waals surface area contributed by atoms with Crippen molar-refractivity contribution in [1.82, 2.24) is 9.88 Å². The number of aromatic nitrogens is 1. The quantitative estimate of drug-likeness (QED) is 0.757. The number of carbonyl (C=O) groups excluding carboxylic acids is 2. The predicted octanol–water partition coefficient (Wildman–Crippen LogP) is 3.41. The maximum atomic E-state index is 12.9. The lowest BCUT2D eigenvalue weighted by Crippen LogP contribution is -2.36. The van der Waals surface area contributed by atoms with Crippen LogP contribution in [-0.4, -0.2) is 28.2 Å². The van der Waals surface area contributed by atoms with Gasteiger partial charge in [-0.25, -0.2) is 0 Å². The number of hydrogen-bond acceptors (Lipinski definition) is 3. The zero-order chi connectivity index (χ0) is 18.1. The maximum Gasteiger partial charge on any atom is 0.244 e. The number of amides is 2. The van der Waals surface area contributed by atoms with Crippen molar-refractivity contribution in [2.75, 3.05) is 11.9 Å². The van der Waals surface area contributed by atoms with E-state index in [1.54, 1.807) is 35.5 Å². The Morgan fingerprint density at radius 2 is 2.00 bits per heavy atom. The second kappa shape index (κ2) is 6.77. The van der Waals surface area contributed by atoms with Gasteiger partial charge in [-0.1, -0.05) is 35.9 Å². The van der Waals surface area contributed by atoms with E-state index in [-0.39, 0.29) is 24.8 Å². The van der Waals surface area contributed by atoms with Crippen molar-refractivity contribution in [2.45, 2.75) is 13.0 Å². The van der Waals surface area contributed by atoms with Crippen LogP contribution in [0.4, 0.5) is 5.69 Å². The molecule has 2 aromatic carbocycles. The third-order valence-corrected chi connectivity index (χ3v) is 4.72. The molecule has 2 amide bonds. The normalized spacial score (nSPS) is 13.9. The van der Waals surface area contributed by atoms with Crippen LogP contribution in [-0.2, 0) is 22.6 Å². The van der Waals surface area contributed by atoms with E-state index in [2.05, 4.69) is 10.3 Å². The SMILES string of the molecule is O=C1CN(C(=O)Cc2cncc3ccccc23)Cc2cc(Cl)ccc2N1. The average Bonchev–Trinajstić information content (AvgIpc) is 2.80. The highest BCUT2D eigenvalue weighted by Gasteiger charge is 2.24. The molecule has 4 rings (SSSR count). The van der Waals surface area contributed by atoms with Gasteiger partial charge >= 0.3 is 0 Å². The van der Waals surface area contributed by atoms with Crippen LogP contribution in [0.5, 0.6) is 0 Å². The van der Waals surface area contributed by atoms with E-state index in [0.29, 0.717) is 17.3 Å². The van der Waals surface area contributed by atoms with Crippen LogP contribution >= 0.6 is 11.6 Å². The Labute approximate surface area is 155 Å². The van der Waals surface area contributed by atoms with Gasteiger partial charge in [-0.15, -0.1) is 0 Å². The Morgan fingerprint density at radius 1 is 1.15 bits per heavy atom. The summed E-state index contributed by atoms with van der Waals surface area (Å²) in [7, 11) is 0. The number of halogens is 1. The van der Waals surface area contributed by atoms with Crippen LogP contribution in [0.15, 0.2) is 54.9 Å². The molecule has 1 aliphatic rings. The molecule has 3 aromatic rings. The number of rotatable bonds is 2. The van der Waals surface area contributed by atoms with Gasteiger partial charge in [0.2, 0.25) is 11.8 Å². The van der Waals surface area contributed by atoms with Gasteiger partial charge in [0.1, 0.15) is 6.54 Å². The van der Waals surface area contributed by atoms with Crippen molar-refractivity contribution >= 4 is 39.9 Å². The van der Waals surface area contributed by atoms with Crippen LogP contribution in [0.1, 0.15) is 11.1 Å². The number of carbonyl (C=O) groups is 2. The van der Waals surface area contributed by atoms with Crippen molar-refractivity contribution in [3.8, 4) is 0 Å². The van der Waals surface area contributed by atoms with Crippen molar-refractivity contribution in [2.24, 2.45) is 0 Å². The van der Waals surface area contributed by atoms with Crippen molar-refractivity contribution in [1.29, 1.82) is 0 Å². The lowest BCUT2D eigenvalue weighted by Gasteiger charge is -2.20. The molecular weight excluding hydrogens is 350 g/mol. The molecule has 0 saturated carbocycles. The molecule has 5 nitrogen and oxygen atoms in total. The number of pyridine rings is 1. The number of nitrogens with one attached hydrogen (secondary N) is 1. The van der Waals surface area contributed by atoms with E-state index in [1.165, 1.54) is 0 Å². The zero-order valence-corrected chi connectivity index (χ0v) is 14.7. The smallest absolute Gasteiger partial charge is 0.244 e. The van der Waals surface area contributed by atoms with Crippen LogP contribution in [0.3, 0.4) is 0 Å². The van der Waals surface area contributed by atoms with Crippen molar-refractivity contribution < 1.29 is 9.59 Å². The first-order valence-electron chi connectivity index (χ1n) is 8.28. The zero-order valence-electron chi connectivity index (χ0n) is 13.9. The third kappa shape index (κ3) is 3.26. The van der Waals surface area contributed by atoms with Crippen molar-refractivity contribution in [3.63, 3.8) is 0 Å². The number of benzene rings is 2. The highest BCUT2D eigenvalue weighted by molar-refractivity contribution is 6.30. The fourth-order valence-electron chi connectivity index (χ4n) is 3.21. The summed E-state index contributed by atoms with van der Waals surface area (Å²) in [4.78, 5) is 30.8. The molecule has 0 bridgehead atoms.